The van der Waals surface area contributed by atoms with E-state index in [0.717, 1.165) is 33.6 Å². The first-order chi connectivity index (χ1) is 24.8. The van der Waals surface area contributed by atoms with E-state index in [1.165, 1.54) is 60.5 Å². The molecular weight excluding hydrogens is 605 g/mol. The second kappa shape index (κ2) is 11.5. The second-order valence-electron chi connectivity index (χ2n) is 12.9. The van der Waals surface area contributed by atoms with Gasteiger partial charge in [0.1, 0.15) is 0 Å². The smallest absolute Gasteiger partial charge is 0.160 e. The molecule has 2 heteroatoms. The van der Waals surface area contributed by atoms with E-state index in [0.29, 0.717) is 5.82 Å². The standard InChI is InChI=1S/C48H30N2/c1-3-13-32(14-4-1)44-30-45(33-15-5-2-6-16-33)50-48(49-44)35-24-22-34(23-25-35)46-36-17-8-7-12-31(36)26-27-42(46)39-28-29-43-38-19-10-9-18-37(38)40-20-11-21-41(39)47(40)43/h1-30H. The van der Waals surface area contributed by atoms with Crippen molar-refractivity contribution in [3.63, 3.8) is 0 Å². The van der Waals surface area contributed by atoms with E-state index in [9.17, 15) is 0 Å². The molecule has 1 aliphatic rings. The highest BCUT2D eigenvalue weighted by Gasteiger charge is 2.23. The summed E-state index contributed by atoms with van der Waals surface area (Å²) in [5.74, 6) is 0.710. The lowest BCUT2D eigenvalue weighted by molar-refractivity contribution is 1.18. The maximum atomic E-state index is 5.08. The van der Waals surface area contributed by atoms with Crippen molar-refractivity contribution in [2.75, 3.05) is 0 Å². The van der Waals surface area contributed by atoms with Gasteiger partial charge in [-0.05, 0) is 72.1 Å². The first-order valence-electron chi connectivity index (χ1n) is 17.1. The fourth-order valence-corrected chi connectivity index (χ4v) is 7.73. The number of fused-ring (bicyclic) bond motifs is 4. The Hall–Kier alpha value is -6.64. The first-order valence-corrected chi connectivity index (χ1v) is 17.1. The molecule has 10 rings (SSSR count). The molecule has 0 aliphatic heterocycles. The molecule has 232 valence electrons. The lowest BCUT2D eigenvalue weighted by Crippen LogP contribution is -1.96. The van der Waals surface area contributed by atoms with Crippen molar-refractivity contribution in [1.29, 1.82) is 0 Å². The number of nitrogens with zero attached hydrogens (tertiary/aromatic N) is 2. The normalized spacial score (nSPS) is 11.6. The molecule has 0 atom stereocenters. The number of hydrogen-bond acceptors (Lipinski definition) is 2. The van der Waals surface area contributed by atoms with Gasteiger partial charge in [0.2, 0.25) is 0 Å². The van der Waals surface area contributed by atoms with Crippen LogP contribution < -0.4 is 0 Å². The van der Waals surface area contributed by atoms with Gasteiger partial charge in [0.25, 0.3) is 0 Å². The highest BCUT2D eigenvalue weighted by atomic mass is 14.9. The van der Waals surface area contributed by atoms with Crippen LogP contribution in [0.25, 0.3) is 100.0 Å². The van der Waals surface area contributed by atoms with Gasteiger partial charge in [-0.3, -0.25) is 0 Å². The maximum Gasteiger partial charge on any atom is 0.160 e. The van der Waals surface area contributed by atoms with Crippen molar-refractivity contribution in [2.45, 2.75) is 0 Å². The van der Waals surface area contributed by atoms with Crippen molar-refractivity contribution in [3.05, 3.63) is 182 Å². The third-order valence-electron chi connectivity index (χ3n) is 10.1. The van der Waals surface area contributed by atoms with Crippen LogP contribution in [0.1, 0.15) is 0 Å². The highest BCUT2D eigenvalue weighted by molar-refractivity contribution is 6.20. The summed E-state index contributed by atoms with van der Waals surface area (Å²) >= 11 is 0. The molecule has 0 saturated heterocycles. The number of hydrogen-bond donors (Lipinski definition) is 0. The van der Waals surface area contributed by atoms with Crippen molar-refractivity contribution in [1.82, 2.24) is 9.97 Å². The van der Waals surface area contributed by atoms with Crippen LogP contribution in [0.3, 0.4) is 0 Å². The summed E-state index contributed by atoms with van der Waals surface area (Å²) in [6.45, 7) is 0. The average molecular weight is 635 g/mol. The molecule has 0 spiro atoms. The molecule has 0 saturated carbocycles. The van der Waals surface area contributed by atoms with Crippen LogP contribution in [-0.2, 0) is 0 Å². The quantitative estimate of drug-likeness (QED) is 0.188. The van der Waals surface area contributed by atoms with E-state index >= 15 is 0 Å². The van der Waals surface area contributed by atoms with Crippen molar-refractivity contribution >= 4 is 21.5 Å². The Bertz CT molecular complexity index is 2640. The Morgan fingerprint density at radius 2 is 0.820 bits per heavy atom. The fourth-order valence-electron chi connectivity index (χ4n) is 7.73. The fraction of sp³-hybridized carbons (Fsp3) is 0. The molecule has 2 nitrogen and oxygen atoms in total. The van der Waals surface area contributed by atoms with Crippen LogP contribution >= 0.6 is 0 Å². The van der Waals surface area contributed by atoms with Crippen LogP contribution in [0.4, 0.5) is 0 Å². The average Bonchev–Trinajstić information content (AvgIpc) is 3.53. The zero-order chi connectivity index (χ0) is 33.0. The SMILES string of the molecule is c1ccc(-c2cc(-c3ccccc3)nc(-c3ccc(-c4c(-c5ccc6c7c(cccc57)-c5ccccc5-6)ccc5ccccc45)cc3)n2)cc1. The van der Waals surface area contributed by atoms with E-state index in [1.807, 2.05) is 12.1 Å². The van der Waals surface area contributed by atoms with Crippen LogP contribution in [0.5, 0.6) is 0 Å². The first kappa shape index (κ1) is 28.4. The van der Waals surface area contributed by atoms with Gasteiger partial charge in [-0.2, -0.15) is 0 Å². The maximum absolute atomic E-state index is 5.08. The molecular formula is C48H30N2. The topological polar surface area (TPSA) is 25.8 Å². The molecule has 9 aromatic rings. The van der Waals surface area contributed by atoms with E-state index < -0.39 is 0 Å². The number of rotatable bonds is 5. The minimum absolute atomic E-state index is 0.710. The Balaban J connectivity index is 1.14. The lowest BCUT2D eigenvalue weighted by Gasteiger charge is -2.17. The largest absolute Gasteiger partial charge is 0.228 e. The van der Waals surface area contributed by atoms with Gasteiger partial charge < -0.3 is 0 Å². The highest BCUT2D eigenvalue weighted by Crippen LogP contribution is 2.50. The van der Waals surface area contributed by atoms with Crippen LogP contribution in [0, 0.1) is 0 Å². The van der Waals surface area contributed by atoms with Gasteiger partial charge >= 0.3 is 0 Å². The molecule has 0 fully saturated rings. The van der Waals surface area contributed by atoms with Crippen molar-refractivity contribution in [2.24, 2.45) is 0 Å². The van der Waals surface area contributed by atoms with Crippen LogP contribution in [0.2, 0.25) is 0 Å². The molecule has 0 amide bonds. The Morgan fingerprint density at radius 3 is 1.52 bits per heavy atom. The summed E-state index contributed by atoms with van der Waals surface area (Å²) < 4.78 is 0. The minimum Gasteiger partial charge on any atom is -0.228 e. The monoisotopic (exact) mass is 634 g/mol. The van der Waals surface area contributed by atoms with Crippen molar-refractivity contribution < 1.29 is 0 Å². The molecule has 0 radical (unpaired) electrons. The molecule has 0 unspecified atom stereocenters. The van der Waals surface area contributed by atoms with Gasteiger partial charge in [-0.15, -0.1) is 0 Å². The predicted molar refractivity (Wildman–Crippen MR) is 209 cm³/mol. The molecule has 0 N–H and O–H groups in total. The molecule has 1 heterocycles. The van der Waals surface area contributed by atoms with Crippen molar-refractivity contribution in [3.8, 4) is 78.4 Å². The van der Waals surface area contributed by atoms with Crippen LogP contribution in [0.15, 0.2) is 182 Å². The van der Waals surface area contributed by atoms with Gasteiger partial charge in [0.15, 0.2) is 5.82 Å². The lowest BCUT2D eigenvalue weighted by atomic mass is 9.86. The molecule has 1 aromatic heterocycles. The summed E-state index contributed by atoms with van der Waals surface area (Å²) in [5.41, 5.74) is 15.0. The molecule has 0 bridgehead atoms. The van der Waals surface area contributed by atoms with Gasteiger partial charge in [0.05, 0.1) is 11.4 Å². The van der Waals surface area contributed by atoms with E-state index in [4.69, 9.17) is 9.97 Å². The zero-order valence-electron chi connectivity index (χ0n) is 27.2. The summed E-state index contributed by atoms with van der Waals surface area (Å²) in [5, 5.41) is 5.08. The van der Waals surface area contributed by atoms with E-state index in [2.05, 4.69) is 170 Å². The third kappa shape index (κ3) is 4.57. The van der Waals surface area contributed by atoms with E-state index in [1.54, 1.807) is 0 Å². The van der Waals surface area contributed by atoms with E-state index in [-0.39, 0.29) is 0 Å². The molecule has 8 aromatic carbocycles. The summed E-state index contributed by atoms with van der Waals surface area (Å²) in [6.07, 6.45) is 0. The van der Waals surface area contributed by atoms with Gasteiger partial charge in [-0.1, -0.05) is 176 Å². The second-order valence-corrected chi connectivity index (χ2v) is 12.9. The number of benzene rings is 8. The molecule has 50 heavy (non-hydrogen) atoms. The third-order valence-corrected chi connectivity index (χ3v) is 10.1. The predicted octanol–water partition coefficient (Wildman–Crippen LogP) is 12.8. The Labute approximate surface area is 291 Å². The van der Waals surface area contributed by atoms with Gasteiger partial charge in [0, 0.05) is 16.7 Å². The zero-order valence-corrected chi connectivity index (χ0v) is 27.2. The Kier molecular flexibility index (Phi) is 6.53. The Morgan fingerprint density at radius 1 is 0.300 bits per heavy atom. The van der Waals surface area contributed by atoms with Crippen LogP contribution in [-0.4, -0.2) is 9.97 Å². The summed E-state index contributed by atoms with van der Waals surface area (Å²) in [4.78, 5) is 10.2. The number of aromatic nitrogens is 2. The summed E-state index contributed by atoms with van der Waals surface area (Å²) in [7, 11) is 0. The van der Waals surface area contributed by atoms with Gasteiger partial charge in [-0.25, -0.2) is 9.97 Å². The molecule has 1 aliphatic carbocycles. The summed E-state index contributed by atoms with van der Waals surface area (Å²) in [6, 6.07) is 65.0. The minimum atomic E-state index is 0.710.